The zero-order valence-corrected chi connectivity index (χ0v) is 32.0. The largest absolute Gasteiger partial charge is 0.344 e. The summed E-state index contributed by atoms with van der Waals surface area (Å²) in [5.41, 5.74) is 16.3. The fraction of sp³-hybridized carbons (Fsp3) is 0.0741. The summed E-state index contributed by atoms with van der Waals surface area (Å²) in [5, 5.41) is 5.15. The van der Waals surface area contributed by atoms with Crippen molar-refractivity contribution in [3.8, 4) is 44.5 Å². The maximum absolute atomic E-state index is 2.31. The van der Waals surface area contributed by atoms with Crippen molar-refractivity contribution < 1.29 is 0 Å². The normalized spacial score (nSPS) is 10.9. The summed E-state index contributed by atoms with van der Waals surface area (Å²) in [5.74, 6) is 0. The molecule has 0 unspecified atom stereocenters. The molecule has 0 saturated heterocycles. The van der Waals surface area contributed by atoms with Crippen LogP contribution in [0.5, 0.6) is 0 Å². The van der Waals surface area contributed by atoms with E-state index >= 15 is 0 Å². The molecule has 0 radical (unpaired) electrons. The molecule has 0 bridgehead atoms. The predicted octanol–water partition coefficient (Wildman–Crippen LogP) is 15.0. The van der Waals surface area contributed by atoms with E-state index in [1.807, 2.05) is 6.07 Å². The molecule has 0 aliphatic carbocycles. The second kappa shape index (κ2) is 15.7. The molecule has 0 atom stereocenters. The Morgan fingerprint density at radius 1 is 0.327 bits per heavy atom. The first kappa shape index (κ1) is 35.3. The van der Waals surface area contributed by atoms with E-state index in [1.165, 1.54) is 88.4 Å². The van der Waals surface area contributed by atoms with Gasteiger partial charge in [-0.15, -0.1) is 0 Å². The van der Waals surface area contributed by atoms with E-state index in [0.717, 1.165) is 5.69 Å². The van der Waals surface area contributed by atoms with Gasteiger partial charge in [0.15, 0.2) is 0 Å². The van der Waals surface area contributed by atoms with Gasteiger partial charge in [0, 0.05) is 24.0 Å². The Hall–Kier alpha value is -6.70. The third-order valence-electron chi connectivity index (χ3n) is 10.7. The fourth-order valence-corrected chi connectivity index (χ4v) is 7.63. The van der Waals surface area contributed by atoms with Crippen molar-refractivity contribution in [3.05, 3.63) is 217 Å². The number of nitrogens with zero attached hydrogens (tertiary/aromatic N) is 1. The molecule has 0 N–H and O–H groups in total. The highest BCUT2D eigenvalue weighted by molar-refractivity contribution is 5.96. The summed E-state index contributed by atoms with van der Waals surface area (Å²) >= 11 is 0. The first-order chi connectivity index (χ1) is 26.9. The third kappa shape index (κ3) is 7.56. The van der Waals surface area contributed by atoms with Gasteiger partial charge in [0.25, 0.3) is 0 Å². The summed E-state index contributed by atoms with van der Waals surface area (Å²) in [6.45, 7) is 6.55. The molecule has 0 heterocycles. The van der Waals surface area contributed by atoms with E-state index in [4.69, 9.17) is 0 Å². The minimum absolute atomic E-state index is 1.16. The SMILES string of the molecule is Cc1ccc2cc(-c3ccccc3)ccc2c1.Cc1ccccc1-c1c(C)ccc(N(C)c2ccc(-c3ccc4ccccc4c3)cc2)c1-c1ccccc1. The minimum Gasteiger partial charge on any atom is -0.344 e. The number of anilines is 2. The number of benzene rings is 9. The van der Waals surface area contributed by atoms with Gasteiger partial charge in [0.2, 0.25) is 0 Å². The first-order valence-electron chi connectivity index (χ1n) is 19.1. The van der Waals surface area contributed by atoms with Crippen molar-refractivity contribution in [2.24, 2.45) is 0 Å². The molecule has 0 amide bonds. The lowest BCUT2D eigenvalue weighted by Crippen LogP contribution is -2.11. The Kier molecular flexibility index (Phi) is 10.1. The Balaban J connectivity index is 0.000000209. The van der Waals surface area contributed by atoms with Crippen molar-refractivity contribution in [2.75, 3.05) is 11.9 Å². The maximum atomic E-state index is 2.31. The molecule has 9 aromatic rings. The van der Waals surface area contributed by atoms with Gasteiger partial charge in [-0.1, -0.05) is 175 Å². The predicted molar refractivity (Wildman–Crippen MR) is 238 cm³/mol. The summed E-state index contributed by atoms with van der Waals surface area (Å²) in [6, 6.07) is 71.8. The van der Waals surface area contributed by atoms with Gasteiger partial charge in [-0.2, -0.15) is 0 Å². The fourth-order valence-electron chi connectivity index (χ4n) is 7.63. The maximum Gasteiger partial charge on any atom is 0.0494 e. The number of hydrogen-bond acceptors (Lipinski definition) is 1. The van der Waals surface area contributed by atoms with Crippen LogP contribution in [0.3, 0.4) is 0 Å². The number of hydrogen-bond donors (Lipinski definition) is 0. The molecule has 0 aliphatic heterocycles. The molecule has 0 fully saturated rings. The number of aryl methyl sites for hydroxylation is 3. The quantitative estimate of drug-likeness (QED) is 0.166. The lowest BCUT2D eigenvalue weighted by molar-refractivity contribution is 1.21. The van der Waals surface area contributed by atoms with Crippen LogP contribution < -0.4 is 4.90 Å². The van der Waals surface area contributed by atoms with Gasteiger partial charge in [0.1, 0.15) is 0 Å². The zero-order valence-electron chi connectivity index (χ0n) is 32.0. The molecule has 0 aromatic heterocycles. The Labute approximate surface area is 325 Å². The number of fused-ring (bicyclic) bond motifs is 2. The summed E-state index contributed by atoms with van der Waals surface area (Å²) in [4.78, 5) is 2.31. The highest BCUT2D eigenvalue weighted by Crippen LogP contribution is 2.44. The highest BCUT2D eigenvalue weighted by atomic mass is 15.1. The van der Waals surface area contributed by atoms with Crippen LogP contribution in [-0.4, -0.2) is 7.05 Å². The van der Waals surface area contributed by atoms with E-state index < -0.39 is 0 Å². The van der Waals surface area contributed by atoms with Crippen molar-refractivity contribution in [1.82, 2.24) is 0 Å². The topological polar surface area (TPSA) is 3.24 Å². The second-order valence-corrected chi connectivity index (χ2v) is 14.4. The van der Waals surface area contributed by atoms with E-state index in [1.54, 1.807) is 0 Å². The Morgan fingerprint density at radius 3 is 1.53 bits per heavy atom. The summed E-state index contributed by atoms with van der Waals surface area (Å²) in [7, 11) is 2.17. The van der Waals surface area contributed by atoms with Crippen molar-refractivity contribution in [2.45, 2.75) is 20.8 Å². The Bertz CT molecular complexity index is 2730. The molecular formula is C54H45N. The molecule has 266 valence electrons. The van der Waals surface area contributed by atoms with Gasteiger partial charge in [-0.3, -0.25) is 0 Å². The van der Waals surface area contributed by atoms with Crippen LogP contribution in [0.1, 0.15) is 16.7 Å². The molecule has 0 saturated carbocycles. The van der Waals surface area contributed by atoms with Crippen LogP contribution in [0.4, 0.5) is 11.4 Å². The zero-order chi connectivity index (χ0) is 37.7. The molecule has 55 heavy (non-hydrogen) atoms. The van der Waals surface area contributed by atoms with E-state index in [2.05, 4.69) is 227 Å². The van der Waals surface area contributed by atoms with Gasteiger partial charge < -0.3 is 4.90 Å². The summed E-state index contributed by atoms with van der Waals surface area (Å²) in [6.07, 6.45) is 0. The van der Waals surface area contributed by atoms with Crippen LogP contribution in [0.15, 0.2) is 200 Å². The van der Waals surface area contributed by atoms with E-state index in [9.17, 15) is 0 Å². The lowest BCUT2D eigenvalue weighted by atomic mass is 9.87. The molecule has 1 heteroatoms. The molecule has 0 aliphatic rings. The molecule has 1 nitrogen and oxygen atoms in total. The first-order valence-corrected chi connectivity index (χ1v) is 19.1. The molecule has 9 rings (SSSR count). The van der Waals surface area contributed by atoms with Crippen LogP contribution in [0.25, 0.3) is 66.1 Å². The van der Waals surface area contributed by atoms with Gasteiger partial charge >= 0.3 is 0 Å². The van der Waals surface area contributed by atoms with Crippen LogP contribution >= 0.6 is 0 Å². The summed E-state index contributed by atoms with van der Waals surface area (Å²) < 4.78 is 0. The van der Waals surface area contributed by atoms with E-state index in [0.29, 0.717) is 0 Å². The molecular weight excluding hydrogens is 663 g/mol. The highest BCUT2D eigenvalue weighted by Gasteiger charge is 2.19. The lowest BCUT2D eigenvalue weighted by Gasteiger charge is -2.27. The number of rotatable bonds is 6. The monoisotopic (exact) mass is 707 g/mol. The van der Waals surface area contributed by atoms with Crippen molar-refractivity contribution in [1.29, 1.82) is 0 Å². The average molecular weight is 708 g/mol. The third-order valence-corrected chi connectivity index (χ3v) is 10.7. The van der Waals surface area contributed by atoms with Crippen molar-refractivity contribution in [3.63, 3.8) is 0 Å². The average Bonchev–Trinajstić information content (AvgIpc) is 3.24. The standard InChI is InChI=1S/C37H31N.C17H14/c1-26-11-7-10-16-34(26)36-27(2)17-24-35(37(36)30-13-5-4-6-14-30)38(3)33-22-20-29(21-23-33)32-19-18-28-12-8-9-15-31(28)25-32;1-13-7-8-17-12-16(10-9-15(17)11-13)14-5-3-2-4-6-14/h4-25H,1-3H3;2-12H,1H3. The van der Waals surface area contributed by atoms with Gasteiger partial charge in [-0.25, -0.2) is 0 Å². The van der Waals surface area contributed by atoms with Crippen LogP contribution in [0.2, 0.25) is 0 Å². The van der Waals surface area contributed by atoms with E-state index in [-0.39, 0.29) is 0 Å². The minimum atomic E-state index is 1.16. The smallest absolute Gasteiger partial charge is 0.0494 e. The Morgan fingerprint density at radius 2 is 0.836 bits per heavy atom. The van der Waals surface area contributed by atoms with Crippen LogP contribution in [-0.2, 0) is 0 Å². The molecule has 0 spiro atoms. The second-order valence-electron chi connectivity index (χ2n) is 14.4. The molecule has 9 aromatic carbocycles. The van der Waals surface area contributed by atoms with Gasteiger partial charge in [0.05, 0.1) is 0 Å². The van der Waals surface area contributed by atoms with Crippen LogP contribution in [0, 0.1) is 20.8 Å². The van der Waals surface area contributed by atoms with Gasteiger partial charge in [-0.05, 0) is 123 Å². The van der Waals surface area contributed by atoms with Crippen molar-refractivity contribution >= 4 is 32.9 Å².